The Bertz CT molecular complexity index is 524. The number of nitrogens with zero attached hydrogens (tertiary/aromatic N) is 2. The summed E-state index contributed by atoms with van der Waals surface area (Å²) in [6, 6.07) is -0.388. The second-order valence-corrected chi connectivity index (χ2v) is 9.93. The Morgan fingerprint density at radius 2 is 1.77 bits per heavy atom. The Morgan fingerprint density at radius 3 is 2.32 bits per heavy atom. The number of carbonyl (C=O) groups is 1. The van der Waals surface area contributed by atoms with Crippen LogP contribution in [0.2, 0.25) is 0 Å². The number of piperazine rings is 1. The van der Waals surface area contributed by atoms with E-state index in [-0.39, 0.29) is 23.6 Å². The lowest BCUT2D eigenvalue weighted by molar-refractivity contribution is -0.0108. The number of ether oxygens (including phenoxy) is 1. The van der Waals surface area contributed by atoms with Crippen LogP contribution in [0.5, 0.6) is 0 Å². The van der Waals surface area contributed by atoms with E-state index in [1.54, 1.807) is 4.90 Å². The molecule has 2 fully saturated rings. The highest BCUT2D eigenvalue weighted by Gasteiger charge is 2.48. The van der Waals surface area contributed by atoms with Gasteiger partial charge in [-0.1, -0.05) is 13.8 Å². The molecule has 6 nitrogen and oxygen atoms in total. The first-order valence-electron chi connectivity index (χ1n) is 7.92. The summed E-state index contributed by atoms with van der Waals surface area (Å²) in [5.41, 5.74) is -0.570. The van der Waals surface area contributed by atoms with Crippen molar-refractivity contribution >= 4 is 15.9 Å². The molecule has 2 atom stereocenters. The van der Waals surface area contributed by atoms with Crippen molar-refractivity contribution in [1.29, 1.82) is 0 Å². The van der Waals surface area contributed by atoms with Gasteiger partial charge in [0.05, 0.1) is 17.5 Å². The number of carbonyl (C=O) groups excluding carboxylic acids is 1. The van der Waals surface area contributed by atoms with Gasteiger partial charge < -0.3 is 9.64 Å². The molecule has 2 heterocycles. The second-order valence-electron chi connectivity index (χ2n) is 7.77. The number of hydrogen-bond acceptors (Lipinski definition) is 5. The molecule has 2 aliphatic heterocycles. The van der Waals surface area contributed by atoms with Crippen LogP contribution in [0.15, 0.2) is 0 Å². The van der Waals surface area contributed by atoms with Gasteiger partial charge in [0.15, 0.2) is 9.84 Å². The highest BCUT2D eigenvalue weighted by Crippen LogP contribution is 2.28. The first-order valence-corrected chi connectivity index (χ1v) is 9.75. The molecule has 7 heteroatoms. The average Bonchev–Trinajstić information content (AvgIpc) is 2.61. The molecule has 22 heavy (non-hydrogen) atoms. The van der Waals surface area contributed by atoms with Gasteiger partial charge in [-0.05, 0) is 26.7 Å². The van der Waals surface area contributed by atoms with Gasteiger partial charge in [0.2, 0.25) is 0 Å². The number of rotatable bonds is 2. The van der Waals surface area contributed by atoms with Crippen LogP contribution in [-0.2, 0) is 14.6 Å². The molecule has 0 aromatic carbocycles. The number of sulfone groups is 1. The minimum atomic E-state index is -3.10. The maximum absolute atomic E-state index is 12.4. The first kappa shape index (κ1) is 17.5. The molecule has 0 saturated carbocycles. The van der Waals surface area contributed by atoms with Crippen molar-refractivity contribution in [3.8, 4) is 0 Å². The molecule has 0 aromatic rings. The van der Waals surface area contributed by atoms with Gasteiger partial charge >= 0.3 is 6.09 Å². The Balaban J connectivity index is 2.17. The van der Waals surface area contributed by atoms with Crippen molar-refractivity contribution in [3.63, 3.8) is 0 Å². The van der Waals surface area contributed by atoms with Gasteiger partial charge in [-0.25, -0.2) is 13.2 Å². The Labute approximate surface area is 133 Å². The molecule has 0 radical (unpaired) electrons. The van der Waals surface area contributed by atoms with Crippen molar-refractivity contribution in [1.82, 2.24) is 9.80 Å². The summed E-state index contributed by atoms with van der Waals surface area (Å²) < 4.78 is 29.6. The van der Waals surface area contributed by atoms with Crippen molar-refractivity contribution in [3.05, 3.63) is 0 Å². The standard InChI is InChI=1S/C15H28N2O4S/c1-11(2)8-16-6-7-17(14(18)21-15(3,4)5)13-10-22(19,20)9-12(13)16/h11-13H,6-10H2,1-5H3/t12-,13-/m0/s1. The summed E-state index contributed by atoms with van der Waals surface area (Å²) in [4.78, 5) is 16.2. The summed E-state index contributed by atoms with van der Waals surface area (Å²) in [7, 11) is -3.10. The predicted molar refractivity (Wildman–Crippen MR) is 85.6 cm³/mol. The molecule has 2 rings (SSSR count). The maximum Gasteiger partial charge on any atom is 0.410 e. The zero-order chi connectivity index (χ0) is 16.7. The van der Waals surface area contributed by atoms with Crippen LogP contribution in [0, 0.1) is 5.92 Å². The lowest BCUT2D eigenvalue weighted by atomic mass is 10.0. The summed E-state index contributed by atoms with van der Waals surface area (Å²) in [6.45, 7) is 11.8. The molecule has 128 valence electrons. The molecule has 2 saturated heterocycles. The molecule has 0 bridgehead atoms. The SMILES string of the molecule is CC(C)CN1CCN(C(=O)OC(C)(C)C)[C@H]2CS(=O)(=O)C[C@@H]21. The molecule has 1 amide bonds. The summed E-state index contributed by atoms with van der Waals surface area (Å²) in [5.74, 6) is 0.659. The van der Waals surface area contributed by atoms with Crippen molar-refractivity contribution in [2.75, 3.05) is 31.1 Å². The Morgan fingerprint density at radius 1 is 1.18 bits per heavy atom. The van der Waals surface area contributed by atoms with Crippen LogP contribution >= 0.6 is 0 Å². The minimum Gasteiger partial charge on any atom is -0.444 e. The van der Waals surface area contributed by atoms with Gasteiger partial charge in [0.1, 0.15) is 5.60 Å². The van der Waals surface area contributed by atoms with Crippen molar-refractivity contribution in [2.45, 2.75) is 52.3 Å². The quantitative estimate of drug-likeness (QED) is 0.764. The summed E-state index contributed by atoms with van der Waals surface area (Å²) in [6.07, 6.45) is -0.399. The van der Waals surface area contributed by atoms with Gasteiger partial charge in [0.25, 0.3) is 0 Å². The summed E-state index contributed by atoms with van der Waals surface area (Å²) in [5, 5.41) is 0. The third kappa shape index (κ3) is 4.13. The molecule has 0 N–H and O–H groups in total. The van der Waals surface area contributed by atoms with Crippen molar-refractivity contribution in [2.24, 2.45) is 5.92 Å². The topological polar surface area (TPSA) is 66.9 Å². The van der Waals surface area contributed by atoms with E-state index in [1.165, 1.54) is 0 Å². The number of hydrogen-bond donors (Lipinski definition) is 0. The molecular formula is C15H28N2O4S. The maximum atomic E-state index is 12.4. The second kappa shape index (κ2) is 6.00. The van der Waals surface area contributed by atoms with Gasteiger partial charge in [-0.15, -0.1) is 0 Å². The lowest BCUT2D eigenvalue weighted by Crippen LogP contribution is -2.61. The Hall–Kier alpha value is -0.820. The number of fused-ring (bicyclic) bond motifs is 1. The Kier molecular flexibility index (Phi) is 4.78. The highest BCUT2D eigenvalue weighted by molar-refractivity contribution is 7.91. The largest absolute Gasteiger partial charge is 0.444 e. The molecule has 0 aliphatic carbocycles. The van der Waals surface area contributed by atoms with Crippen molar-refractivity contribution < 1.29 is 17.9 Å². The zero-order valence-electron chi connectivity index (χ0n) is 14.2. The fourth-order valence-electron chi connectivity index (χ4n) is 3.27. The van der Waals surface area contributed by atoms with Gasteiger partial charge in [0, 0.05) is 25.7 Å². The van der Waals surface area contributed by atoms with Gasteiger partial charge in [-0.3, -0.25) is 4.90 Å². The molecule has 0 aromatic heterocycles. The van der Waals surface area contributed by atoms with Crippen LogP contribution in [0.4, 0.5) is 4.79 Å². The van der Waals surface area contributed by atoms with E-state index in [0.717, 1.165) is 6.54 Å². The third-order valence-corrected chi connectivity index (χ3v) is 5.72. The third-order valence-electron chi connectivity index (χ3n) is 4.02. The average molecular weight is 332 g/mol. The van der Waals surface area contributed by atoms with E-state index in [0.29, 0.717) is 19.0 Å². The van der Waals surface area contributed by atoms with Crippen LogP contribution in [0.25, 0.3) is 0 Å². The van der Waals surface area contributed by atoms with E-state index in [4.69, 9.17) is 4.74 Å². The molecule has 0 unspecified atom stereocenters. The fourth-order valence-corrected chi connectivity index (χ4v) is 5.28. The molecular weight excluding hydrogens is 304 g/mol. The van der Waals surface area contributed by atoms with Crippen LogP contribution in [-0.4, -0.2) is 73.1 Å². The normalized spacial score (nSPS) is 28.7. The minimum absolute atomic E-state index is 0.0471. The number of amides is 1. The molecule has 0 spiro atoms. The smallest absolute Gasteiger partial charge is 0.410 e. The lowest BCUT2D eigenvalue weighted by Gasteiger charge is -2.44. The highest BCUT2D eigenvalue weighted by atomic mass is 32.2. The van der Waals surface area contributed by atoms with Gasteiger partial charge in [-0.2, -0.15) is 0 Å². The van der Waals surface area contributed by atoms with E-state index < -0.39 is 21.5 Å². The predicted octanol–water partition coefficient (Wildman–Crippen LogP) is 1.36. The van der Waals surface area contributed by atoms with E-state index >= 15 is 0 Å². The van der Waals surface area contributed by atoms with E-state index in [2.05, 4.69) is 18.7 Å². The van der Waals surface area contributed by atoms with Crippen LogP contribution < -0.4 is 0 Å². The summed E-state index contributed by atoms with van der Waals surface area (Å²) >= 11 is 0. The van der Waals surface area contributed by atoms with Crippen LogP contribution in [0.3, 0.4) is 0 Å². The zero-order valence-corrected chi connectivity index (χ0v) is 15.0. The van der Waals surface area contributed by atoms with E-state index in [1.807, 2.05) is 20.8 Å². The monoisotopic (exact) mass is 332 g/mol. The van der Waals surface area contributed by atoms with E-state index in [9.17, 15) is 13.2 Å². The first-order chi connectivity index (χ1) is 9.98. The molecule has 2 aliphatic rings. The fraction of sp³-hybridized carbons (Fsp3) is 0.933. The van der Waals surface area contributed by atoms with Crippen LogP contribution in [0.1, 0.15) is 34.6 Å².